The van der Waals surface area contributed by atoms with Crippen molar-refractivity contribution in [2.24, 2.45) is 0 Å². The Bertz CT molecular complexity index is 446. The number of carboxylic acid groups (broad SMARTS) is 1. The van der Waals surface area contributed by atoms with Crippen LogP contribution in [0.1, 0.15) is 26.7 Å². The summed E-state index contributed by atoms with van der Waals surface area (Å²) < 4.78 is 5.19. The topological polar surface area (TPSA) is 58.6 Å². The third kappa shape index (κ3) is 3.26. The van der Waals surface area contributed by atoms with E-state index in [4.69, 9.17) is 4.74 Å². The number of benzene rings is 1. The second-order valence-electron chi connectivity index (χ2n) is 3.82. The predicted octanol–water partition coefficient (Wildman–Crippen LogP) is 3.27. The lowest BCUT2D eigenvalue weighted by atomic mass is 10.1. The first-order chi connectivity index (χ1) is 8.63. The molecule has 4 heteroatoms. The molecule has 0 aromatic heterocycles. The lowest BCUT2D eigenvalue weighted by Crippen LogP contribution is -2.14. The fourth-order valence-corrected chi connectivity index (χ4v) is 1.78. The summed E-state index contributed by atoms with van der Waals surface area (Å²) in [6.07, 6.45) is 1.42. The maximum absolute atomic E-state index is 11.3. The molecule has 2 N–H and O–H groups in total. The molecule has 0 amide bonds. The van der Waals surface area contributed by atoms with Crippen LogP contribution >= 0.6 is 0 Å². The number of ether oxygens (including phenoxy) is 1. The van der Waals surface area contributed by atoms with Gasteiger partial charge in [-0.15, -0.1) is 0 Å². The zero-order valence-electron chi connectivity index (χ0n) is 11.0. The van der Waals surface area contributed by atoms with Crippen LogP contribution in [0.3, 0.4) is 0 Å². The summed E-state index contributed by atoms with van der Waals surface area (Å²) in [5.74, 6) is -0.317. The van der Waals surface area contributed by atoms with Crippen LogP contribution in [0.15, 0.2) is 35.5 Å². The number of allylic oxidation sites excluding steroid dienone is 1. The summed E-state index contributed by atoms with van der Waals surface area (Å²) >= 11 is 0. The number of carboxylic acids is 1. The monoisotopic (exact) mass is 249 g/mol. The smallest absolute Gasteiger partial charge is 0.352 e. The van der Waals surface area contributed by atoms with Gasteiger partial charge in [-0.1, -0.05) is 26.0 Å². The van der Waals surface area contributed by atoms with Crippen LogP contribution in [0, 0.1) is 0 Å². The van der Waals surface area contributed by atoms with Crippen LogP contribution < -0.4 is 10.1 Å². The van der Waals surface area contributed by atoms with Gasteiger partial charge in [0, 0.05) is 0 Å². The van der Waals surface area contributed by atoms with Crippen LogP contribution in [0.4, 0.5) is 5.69 Å². The van der Waals surface area contributed by atoms with Gasteiger partial charge >= 0.3 is 5.97 Å². The molecule has 0 spiro atoms. The van der Waals surface area contributed by atoms with Crippen LogP contribution in [0.2, 0.25) is 0 Å². The Balaban J connectivity index is 3.12. The normalized spacial score (nSPS) is 9.72. The summed E-state index contributed by atoms with van der Waals surface area (Å²) in [4.78, 5) is 11.3. The van der Waals surface area contributed by atoms with Crippen LogP contribution in [-0.2, 0) is 4.79 Å². The van der Waals surface area contributed by atoms with Crippen molar-refractivity contribution in [3.8, 4) is 5.75 Å². The first-order valence-electron chi connectivity index (χ1n) is 5.99. The van der Waals surface area contributed by atoms with Crippen molar-refractivity contribution >= 4 is 11.7 Å². The molecule has 0 unspecified atom stereocenters. The molecule has 4 nitrogen and oxygen atoms in total. The molecule has 0 saturated heterocycles. The summed E-state index contributed by atoms with van der Waals surface area (Å²) in [5, 5.41) is 12.2. The van der Waals surface area contributed by atoms with Gasteiger partial charge in [-0.05, 0) is 30.5 Å². The van der Waals surface area contributed by atoms with Crippen LogP contribution in [-0.4, -0.2) is 18.2 Å². The third-order valence-electron chi connectivity index (χ3n) is 2.79. The number of hydrogen-bond donors (Lipinski definition) is 2. The number of rotatable bonds is 6. The SMILES string of the molecule is CCC(CC)=C(Nc1ccccc1OC)C(=O)O. The van der Waals surface area contributed by atoms with Crippen molar-refractivity contribution in [1.82, 2.24) is 0 Å². The van der Waals surface area contributed by atoms with E-state index >= 15 is 0 Å². The predicted molar refractivity (Wildman–Crippen MR) is 71.9 cm³/mol. The Morgan fingerprint density at radius 1 is 1.28 bits per heavy atom. The lowest BCUT2D eigenvalue weighted by molar-refractivity contribution is -0.132. The zero-order valence-corrected chi connectivity index (χ0v) is 11.0. The molecule has 0 atom stereocenters. The van der Waals surface area contributed by atoms with Crippen molar-refractivity contribution in [3.63, 3.8) is 0 Å². The highest BCUT2D eigenvalue weighted by atomic mass is 16.5. The van der Waals surface area contributed by atoms with Crippen molar-refractivity contribution in [2.45, 2.75) is 26.7 Å². The van der Waals surface area contributed by atoms with Gasteiger partial charge in [-0.3, -0.25) is 0 Å². The van der Waals surface area contributed by atoms with E-state index in [1.165, 1.54) is 0 Å². The molecule has 0 heterocycles. The Labute approximate surface area is 107 Å². The van der Waals surface area contributed by atoms with E-state index in [-0.39, 0.29) is 5.70 Å². The van der Waals surface area contributed by atoms with Gasteiger partial charge in [-0.25, -0.2) is 4.79 Å². The Kier molecular flexibility index (Phi) is 5.24. The van der Waals surface area contributed by atoms with Crippen LogP contribution in [0.25, 0.3) is 0 Å². The van der Waals surface area contributed by atoms with Gasteiger partial charge in [0.05, 0.1) is 12.8 Å². The van der Waals surface area contributed by atoms with E-state index in [1.54, 1.807) is 19.2 Å². The quantitative estimate of drug-likeness (QED) is 0.760. The standard InChI is InChI=1S/C14H19NO3/c1-4-10(5-2)13(14(16)17)15-11-8-6-7-9-12(11)18-3/h6-9,15H,4-5H2,1-3H3,(H,16,17). The van der Waals surface area contributed by atoms with E-state index in [1.807, 2.05) is 26.0 Å². The van der Waals surface area contributed by atoms with Gasteiger partial charge in [-0.2, -0.15) is 0 Å². The molecule has 98 valence electrons. The fraction of sp³-hybridized carbons (Fsp3) is 0.357. The molecule has 1 rings (SSSR count). The van der Waals surface area contributed by atoms with E-state index in [0.717, 1.165) is 5.57 Å². The second-order valence-corrected chi connectivity index (χ2v) is 3.82. The van der Waals surface area contributed by atoms with Gasteiger partial charge in [0.15, 0.2) is 0 Å². The Hall–Kier alpha value is -1.97. The van der Waals surface area contributed by atoms with E-state index in [2.05, 4.69) is 5.32 Å². The first-order valence-corrected chi connectivity index (χ1v) is 5.99. The second kappa shape index (κ2) is 6.69. The van der Waals surface area contributed by atoms with Crippen LogP contribution in [0.5, 0.6) is 5.75 Å². The number of para-hydroxylation sites is 2. The average Bonchev–Trinajstić information content (AvgIpc) is 2.39. The van der Waals surface area contributed by atoms with Crippen molar-refractivity contribution in [3.05, 3.63) is 35.5 Å². The number of hydrogen-bond acceptors (Lipinski definition) is 3. The van der Waals surface area contributed by atoms with Gasteiger partial charge < -0.3 is 15.2 Å². The number of anilines is 1. The molecule has 0 bridgehead atoms. The molecule has 0 fully saturated rings. The summed E-state index contributed by atoms with van der Waals surface area (Å²) in [6, 6.07) is 7.26. The number of methoxy groups -OCH3 is 1. The molecule has 0 aliphatic heterocycles. The molecular weight excluding hydrogens is 230 g/mol. The molecule has 1 aromatic carbocycles. The molecular formula is C14H19NO3. The third-order valence-corrected chi connectivity index (χ3v) is 2.79. The molecule has 0 radical (unpaired) electrons. The molecule has 0 saturated carbocycles. The molecule has 1 aromatic rings. The van der Waals surface area contributed by atoms with E-state index < -0.39 is 5.97 Å². The van der Waals surface area contributed by atoms with Crippen molar-refractivity contribution < 1.29 is 14.6 Å². The van der Waals surface area contributed by atoms with Crippen molar-refractivity contribution in [2.75, 3.05) is 12.4 Å². The largest absolute Gasteiger partial charge is 0.495 e. The minimum Gasteiger partial charge on any atom is -0.495 e. The van der Waals surface area contributed by atoms with E-state index in [0.29, 0.717) is 24.3 Å². The average molecular weight is 249 g/mol. The summed E-state index contributed by atoms with van der Waals surface area (Å²) in [7, 11) is 1.56. The molecule has 0 aliphatic carbocycles. The van der Waals surface area contributed by atoms with Crippen molar-refractivity contribution in [1.29, 1.82) is 0 Å². The highest BCUT2D eigenvalue weighted by molar-refractivity contribution is 5.91. The van der Waals surface area contributed by atoms with E-state index in [9.17, 15) is 9.90 Å². The Morgan fingerprint density at radius 3 is 2.39 bits per heavy atom. The summed E-state index contributed by atoms with van der Waals surface area (Å²) in [6.45, 7) is 3.90. The zero-order chi connectivity index (χ0) is 13.5. The van der Waals surface area contributed by atoms with Gasteiger partial charge in [0.2, 0.25) is 0 Å². The van der Waals surface area contributed by atoms with Gasteiger partial charge in [0.25, 0.3) is 0 Å². The summed E-state index contributed by atoms with van der Waals surface area (Å²) in [5.41, 5.74) is 1.79. The van der Waals surface area contributed by atoms with Gasteiger partial charge in [0.1, 0.15) is 11.4 Å². The maximum Gasteiger partial charge on any atom is 0.352 e. The Morgan fingerprint density at radius 2 is 1.89 bits per heavy atom. The lowest BCUT2D eigenvalue weighted by Gasteiger charge is -2.14. The number of carbonyl (C=O) groups is 1. The molecule has 0 aliphatic rings. The number of aliphatic carboxylic acids is 1. The minimum absolute atomic E-state index is 0.240. The molecule has 18 heavy (non-hydrogen) atoms. The number of nitrogens with one attached hydrogen (secondary N) is 1. The minimum atomic E-state index is -0.945. The fourth-order valence-electron chi connectivity index (χ4n) is 1.78. The highest BCUT2D eigenvalue weighted by Gasteiger charge is 2.14. The highest BCUT2D eigenvalue weighted by Crippen LogP contribution is 2.26. The first kappa shape index (κ1) is 14.1. The maximum atomic E-state index is 11.3.